The predicted molar refractivity (Wildman–Crippen MR) is 84.7 cm³/mol. The molecule has 0 fully saturated rings. The summed E-state index contributed by atoms with van der Waals surface area (Å²) in [5, 5.41) is 16.1. The first-order valence-electron chi connectivity index (χ1n) is 6.97. The summed E-state index contributed by atoms with van der Waals surface area (Å²) in [6, 6.07) is 3.60. The van der Waals surface area contributed by atoms with E-state index in [1.807, 2.05) is 0 Å². The molecule has 7 nitrogen and oxygen atoms in total. The van der Waals surface area contributed by atoms with E-state index in [-0.39, 0.29) is 4.90 Å². The molecule has 3 N–H and O–H groups in total. The highest BCUT2D eigenvalue weighted by atomic mass is 32.2. The maximum atomic E-state index is 12.6. The zero-order chi connectivity index (χ0) is 17.4. The molecule has 1 aromatic heterocycles. The van der Waals surface area contributed by atoms with Crippen LogP contribution in [0.3, 0.4) is 0 Å². The van der Waals surface area contributed by atoms with Crippen molar-refractivity contribution in [3.8, 4) is 0 Å². The van der Waals surface area contributed by atoms with Gasteiger partial charge in [-0.1, -0.05) is 12.1 Å². The number of carboxylic acid groups (broad SMARTS) is 1. The van der Waals surface area contributed by atoms with Gasteiger partial charge in [0, 0.05) is 11.3 Å². The summed E-state index contributed by atoms with van der Waals surface area (Å²) in [6.45, 7) is 6.72. The molecule has 0 bridgehead atoms. The molecule has 0 aliphatic carbocycles. The van der Waals surface area contributed by atoms with Crippen LogP contribution in [-0.2, 0) is 14.8 Å². The van der Waals surface area contributed by atoms with Crippen LogP contribution in [0, 0.1) is 27.7 Å². The first kappa shape index (κ1) is 17.2. The second kappa shape index (κ2) is 6.13. The number of hydrogen-bond acceptors (Lipinski definition) is 4. The summed E-state index contributed by atoms with van der Waals surface area (Å²) in [5.41, 5.74) is 2.61. The standard InChI is InChI=1S/C15H19N3O4S/c1-8-5-6-9(2)12(7-8)23(21,22)18-14(15(19)20)13-10(3)16-17-11(13)4/h5-7,14,18H,1-4H3,(H,16,17)(H,19,20)/t14-/m1/s1. The largest absolute Gasteiger partial charge is 0.480 e. The third-order valence-corrected chi connectivity index (χ3v) is 5.19. The summed E-state index contributed by atoms with van der Waals surface area (Å²) in [4.78, 5) is 11.7. The predicted octanol–water partition coefficient (Wildman–Crippen LogP) is 1.75. The number of nitrogens with one attached hydrogen (secondary N) is 2. The van der Waals surface area contributed by atoms with Gasteiger partial charge in [0.1, 0.15) is 6.04 Å². The van der Waals surface area contributed by atoms with Crippen molar-refractivity contribution in [1.29, 1.82) is 0 Å². The van der Waals surface area contributed by atoms with E-state index in [0.29, 0.717) is 22.5 Å². The third-order valence-electron chi connectivity index (χ3n) is 3.63. The molecule has 1 atom stereocenters. The van der Waals surface area contributed by atoms with Crippen LogP contribution in [0.15, 0.2) is 23.1 Å². The van der Waals surface area contributed by atoms with Crippen LogP contribution in [0.4, 0.5) is 0 Å². The van der Waals surface area contributed by atoms with E-state index in [0.717, 1.165) is 5.56 Å². The van der Waals surface area contributed by atoms with E-state index in [2.05, 4.69) is 14.9 Å². The van der Waals surface area contributed by atoms with Gasteiger partial charge < -0.3 is 5.11 Å². The molecule has 23 heavy (non-hydrogen) atoms. The lowest BCUT2D eigenvalue weighted by atomic mass is 10.1. The van der Waals surface area contributed by atoms with Crippen molar-refractivity contribution in [2.24, 2.45) is 0 Å². The second-order valence-corrected chi connectivity index (χ2v) is 7.19. The number of aromatic nitrogens is 2. The number of aromatic amines is 1. The highest BCUT2D eigenvalue weighted by Crippen LogP contribution is 2.24. The Kier molecular flexibility index (Phi) is 4.58. The molecule has 124 valence electrons. The van der Waals surface area contributed by atoms with E-state index in [9.17, 15) is 18.3 Å². The number of carboxylic acids is 1. The van der Waals surface area contributed by atoms with E-state index in [1.54, 1.807) is 39.8 Å². The molecule has 8 heteroatoms. The van der Waals surface area contributed by atoms with E-state index in [1.165, 1.54) is 6.07 Å². The van der Waals surface area contributed by atoms with Gasteiger partial charge in [-0.2, -0.15) is 9.82 Å². The molecule has 0 radical (unpaired) electrons. The lowest BCUT2D eigenvalue weighted by Crippen LogP contribution is -2.34. The number of sulfonamides is 1. The Labute approximate surface area is 134 Å². The molecule has 0 saturated heterocycles. The minimum absolute atomic E-state index is 0.0718. The Hall–Kier alpha value is -2.19. The van der Waals surface area contributed by atoms with Crippen molar-refractivity contribution in [2.45, 2.75) is 38.6 Å². The highest BCUT2D eigenvalue weighted by Gasteiger charge is 2.31. The molecule has 1 heterocycles. The molecule has 2 rings (SSSR count). The minimum Gasteiger partial charge on any atom is -0.480 e. The monoisotopic (exact) mass is 337 g/mol. The van der Waals surface area contributed by atoms with Crippen molar-refractivity contribution in [1.82, 2.24) is 14.9 Å². The van der Waals surface area contributed by atoms with Gasteiger partial charge in [0.15, 0.2) is 0 Å². The van der Waals surface area contributed by atoms with Gasteiger partial charge in [-0.25, -0.2) is 8.42 Å². The normalized spacial score (nSPS) is 13.0. The Morgan fingerprint density at radius 3 is 2.43 bits per heavy atom. The van der Waals surface area contributed by atoms with Gasteiger partial charge >= 0.3 is 5.97 Å². The maximum absolute atomic E-state index is 12.6. The number of hydrogen-bond donors (Lipinski definition) is 3. The average molecular weight is 337 g/mol. The number of benzene rings is 1. The Morgan fingerprint density at radius 2 is 1.91 bits per heavy atom. The fourth-order valence-electron chi connectivity index (χ4n) is 2.43. The summed E-state index contributed by atoms with van der Waals surface area (Å²) in [7, 11) is -3.99. The lowest BCUT2D eigenvalue weighted by Gasteiger charge is -2.17. The molecule has 0 aliphatic rings. The average Bonchev–Trinajstić information content (AvgIpc) is 2.78. The van der Waals surface area contributed by atoms with Gasteiger partial charge in [-0.3, -0.25) is 9.89 Å². The first-order chi connectivity index (χ1) is 10.6. The molecule has 1 aromatic carbocycles. The van der Waals surface area contributed by atoms with Crippen molar-refractivity contribution >= 4 is 16.0 Å². The van der Waals surface area contributed by atoms with E-state index >= 15 is 0 Å². The van der Waals surface area contributed by atoms with Gasteiger partial charge in [-0.05, 0) is 44.9 Å². The van der Waals surface area contributed by atoms with Crippen LogP contribution < -0.4 is 4.72 Å². The summed E-state index contributed by atoms with van der Waals surface area (Å²) < 4.78 is 27.5. The number of carbonyl (C=O) groups is 1. The number of H-pyrrole nitrogens is 1. The lowest BCUT2D eigenvalue weighted by molar-refractivity contribution is -0.139. The molecule has 0 spiro atoms. The Balaban J connectivity index is 2.48. The number of aliphatic carboxylic acids is 1. The minimum atomic E-state index is -3.99. The number of aryl methyl sites for hydroxylation is 4. The fraction of sp³-hybridized carbons (Fsp3) is 0.333. The van der Waals surface area contributed by atoms with Crippen LogP contribution in [0.1, 0.15) is 34.1 Å². The summed E-state index contributed by atoms with van der Waals surface area (Å²) in [5.74, 6) is -1.29. The first-order valence-corrected chi connectivity index (χ1v) is 8.45. The topological polar surface area (TPSA) is 112 Å². The fourth-order valence-corrected chi connectivity index (χ4v) is 3.92. The van der Waals surface area contributed by atoms with Crippen LogP contribution >= 0.6 is 0 Å². The zero-order valence-corrected chi connectivity index (χ0v) is 14.2. The SMILES string of the molecule is Cc1ccc(C)c(S(=O)(=O)N[C@@H](C(=O)O)c2c(C)n[nH]c2C)c1. The van der Waals surface area contributed by atoms with Gasteiger partial charge in [-0.15, -0.1) is 0 Å². The van der Waals surface area contributed by atoms with Crippen molar-refractivity contribution in [3.05, 3.63) is 46.3 Å². The van der Waals surface area contributed by atoms with Crippen molar-refractivity contribution in [3.63, 3.8) is 0 Å². The molecule has 0 saturated carbocycles. The van der Waals surface area contributed by atoms with Gasteiger partial charge in [0.05, 0.1) is 10.6 Å². The Bertz CT molecular complexity index is 836. The highest BCUT2D eigenvalue weighted by molar-refractivity contribution is 7.89. The molecule has 0 amide bonds. The van der Waals surface area contributed by atoms with Crippen LogP contribution in [-0.4, -0.2) is 29.7 Å². The number of nitrogens with zero attached hydrogens (tertiary/aromatic N) is 1. The molecule has 2 aromatic rings. The van der Waals surface area contributed by atoms with E-state index < -0.39 is 22.0 Å². The maximum Gasteiger partial charge on any atom is 0.326 e. The molecular formula is C15H19N3O4S. The summed E-state index contributed by atoms with van der Waals surface area (Å²) in [6.07, 6.45) is 0. The van der Waals surface area contributed by atoms with Crippen molar-refractivity contribution < 1.29 is 18.3 Å². The van der Waals surface area contributed by atoms with Gasteiger partial charge in [0.25, 0.3) is 0 Å². The van der Waals surface area contributed by atoms with Crippen LogP contribution in [0.2, 0.25) is 0 Å². The smallest absolute Gasteiger partial charge is 0.326 e. The molecule has 0 aliphatic heterocycles. The van der Waals surface area contributed by atoms with E-state index in [4.69, 9.17) is 0 Å². The quantitative estimate of drug-likeness (QED) is 0.769. The van der Waals surface area contributed by atoms with Gasteiger partial charge in [0.2, 0.25) is 10.0 Å². The summed E-state index contributed by atoms with van der Waals surface area (Å²) >= 11 is 0. The van der Waals surface area contributed by atoms with Crippen LogP contribution in [0.25, 0.3) is 0 Å². The zero-order valence-electron chi connectivity index (χ0n) is 13.3. The van der Waals surface area contributed by atoms with Crippen LogP contribution in [0.5, 0.6) is 0 Å². The Morgan fingerprint density at radius 1 is 1.26 bits per heavy atom. The number of rotatable bonds is 5. The molecule has 0 unspecified atom stereocenters. The van der Waals surface area contributed by atoms with Crippen molar-refractivity contribution in [2.75, 3.05) is 0 Å². The third kappa shape index (κ3) is 3.43. The molecular weight excluding hydrogens is 318 g/mol. The second-order valence-electron chi connectivity index (χ2n) is 5.51.